The van der Waals surface area contributed by atoms with Gasteiger partial charge in [-0.05, 0) is 48.9 Å². The monoisotopic (exact) mass is 228 g/mol. The van der Waals surface area contributed by atoms with E-state index in [1.807, 2.05) is 43.3 Å². The summed E-state index contributed by atoms with van der Waals surface area (Å²) in [6.07, 6.45) is 3.60. The molecule has 2 aromatic rings. The number of pyridine rings is 1. The largest absolute Gasteiger partial charge is 0.494 e. The maximum Gasteiger partial charge on any atom is 0.119 e. The Morgan fingerprint density at radius 2 is 1.76 bits per heavy atom. The van der Waals surface area contributed by atoms with Crippen LogP contribution in [0.3, 0.4) is 0 Å². The van der Waals surface area contributed by atoms with Crippen molar-refractivity contribution in [3.63, 3.8) is 0 Å². The van der Waals surface area contributed by atoms with E-state index in [9.17, 15) is 0 Å². The van der Waals surface area contributed by atoms with Crippen LogP contribution in [0.2, 0.25) is 0 Å². The molecule has 3 heteroatoms. The Hall–Kier alpha value is -2.03. The summed E-state index contributed by atoms with van der Waals surface area (Å²) in [7, 11) is 0. The van der Waals surface area contributed by atoms with Gasteiger partial charge < -0.3 is 10.1 Å². The molecule has 1 N–H and O–H groups in total. The highest BCUT2D eigenvalue weighted by Gasteiger charge is 1.95. The zero-order valence-electron chi connectivity index (χ0n) is 9.89. The molecule has 0 atom stereocenters. The lowest BCUT2D eigenvalue weighted by Crippen LogP contribution is -1.99. The fraction of sp³-hybridized carbons (Fsp3) is 0.214. The van der Waals surface area contributed by atoms with Gasteiger partial charge in [0.05, 0.1) is 6.61 Å². The van der Waals surface area contributed by atoms with Crippen molar-refractivity contribution in [1.82, 2.24) is 4.98 Å². The maximum absolute atomic E-state index is 5.39. The fourth-order valence-electron chi connectivity index (χ4n) is 1.54. The van der Waals surface area contributed by atoms with E-state index in [0.717, 1.165) is 18.0 Å². The van der Waals surface area contributed by atoms with Gasteiger partial charge in [-0.2, -0.15) is 0 Å². The van der Waals surface area contributed by atoms with Crippen molar-refractivity contribution in [2.75, 3.05) is 11.9 Å². The molecule has 0 aliphatic rings. The summed E-state index contributed by atoms with van der Waals surface area (Å²) < 4.78 is 5.39. The molecule has 1 aromatic heterocycles. The molecular formula is C14H16N2O. The second-order valence-corrected chi connectivity index (χ2v) is 3.67. The Morgan fingerprint density at radius 1 is 1.06 bits per heavy atom. The molecule has 0 saturated carbocycles. The van der Waals surface area contributed by atoms with Crippen LogP contribution in [-0.4, -0.2) is 11.6 Å². The third-order valence-electron chi connectivity index (χ3n) is 2.41. The molecule has 0 aliphatic heterocycles. The normalized spacial score (nSPS) is 9.94. The number of nitrogens with one attached hydrogen (secondary N) is 1. The first-order valence-corrected chi connectivity index (χ1v) is 5.74. The average Bonchev–Trinajstić information content (AvgIpc) is 2.40. The minimum Gasteiger partial charge on any atom is -0.494 e. The van der Waals surface area contributed by atoms with Crippen LogP contribution in [0.5, 0.6) is 5.75 Å². The number of anilines is 1. The summed E-state index contributed by atoms with van der Waals surface area (Å²) in [6, 6.07) is 12.0. The predicted molar refractivity (Wildman–Crippen MR) is 69.2 cm³/mol. The molecule has 1 heterocycles. The summed E-state index contributed by atoms with van der Waals surface area (Å²) in [5, 5.41) is 3.35. The van der Waals surface area contributed by atoms with E-state index in [4.69, 9.17) is 4.74 Å². The zero-order valence-corrected chi connectivity index (χ0v) is 9.89. The molecule has 0 radical (unpaired) electrons. The third kappa shape index (κ3) is 3.48. The van der Waals surface area contributed by atoms with Gasteiger partial charge in [0.25, 0.3) is 0 Å². The van der Waals surface area contributed by atoms with Crippen molar-refractivity contribution in [2.45, 2.75) is 13.5 Å². The van der Waals surface area contributed by atoms with Crippen LogP contribution >= 0.6 is 0 Å². The topological polar surface area (TPSA) is 34.1 Å². The molecule has 17 heavy (non-hydrogen) atoms. The van der Waals surface area contributed by atoms with Crippen molar-refractivity contribution < 1.29 is 4.74 Å². The van der Waals surface area contributed by atoms with Crippen molar-refractivity contribution >= 4 is 5.69 Å². The van der Waals surface area contributed by atoms with Crippen molar-refractivity contribution in [3.05, 3.63) is 54.4 Å². The number of aromatic nitrogens is 1. The van der Waals surface area contributed by atoms with E-state index in [0.29, 0.717) is 6.61 Å². The van der Waals surface area contributed by atoms with E-state index in [-0.39, 0.29) is 0 Å². The summed E-state index contributed by atoms with van der Waals surface area (Å²) in [6.45, 7) is 3.48. The molecule has 0 fully saturated rings. The predicted octanol–water partition coefficient (Wildman–Crippen LogP) is 3.09. The van der Waals surface area contributed by atoms with Gasteiger partial charge in [-0.25, -0.2) is 0 Å². The Balaban J connectivity index is 1.91. The summed E-state index contributed by atoms with van der Waals surface area (Å²) >= 11 is 0. The molecular weight excluding hydrogens is 212 g/mol. The van der Waals surface area contributed by atoms with Gasteiger partial charge in [0.2, 0.25) is 0 Å². The van der Waals surface area contributed by atoms with E-state index >= 15 is 0 Å². The Labute approximate surface area is 101 Å². The summed E-state index contributed by atoms with van der Waals surface area (Å²) in [5.41, 5.74) is 2.30. The quantitative estimate of drug-likeness (QED) is 0.853. The van der Waals surface area contributed by atoms with Crippen LogP contribution in [0.15, 0.2) is 48.8 Å². The van der Waals surface area contributed by atoms with Crippen LogP contribution < -0.4 is 10.1 Å². The molecule has 3 nitrogen and oxygen atoms in total. The number of hydrogen-bond donors (Lipinski definition) is 1. The molecule has 88 valence electrons. The molecule has 1 aromatic carbocycles. The molecule has 0 unspecified atom stereocenters. The minimum atomic E-state index is 0.698. The Bertz CT molecular complexity index is 440. The van der Waals surface area contributed by atoms with Crippen molar-refractivity contribution in [2.24, 2.45) is 0 Å². The number of benzene rings is 1. The minimum absolute atomic E-state index is 0.698. The Morgan fingerprint density at radius 3 is 2.41 bits per heavy atom. The van der Waals surface area contributed by atoms with Crippen molar-refractivity contribution in [3.8, 4) is 5.75 Å². The zero-order chi connectivity index (χ0) is 11.9. The van der Waals surface area contributed by atoms with Crippen molar-refractivity contribution in [1.29, 1.82) is 0 Å². The lowest BCUT2D eigenvalue weighted by molar-refractivity contribution is 0.340. The van der Waals surface area contributed by atoms with Crippen LogP contribution in [0.4, 0.5) is 5.69 Å². The lowest BCUT2D eigenvalue weighted by Gasteiger charge is -2.07. The number of ether oxygens (including phenoxy) is 1. The standard InChI is InChI=1S/C14H16N2O/c1-2-17-14-5-3-13(4-6-14)16-11-12-7-9-15-10-8-12/h3-10,16H,2,11H2,1H3. The summed E-state index contributed by atoms with van der Waals surface area (Å²) in [5.74, 6) is 0.905. The average molecular weight is 228 g/mol. The highest BCUT2D eigenvalue weighted by molar-refractivity contribution is 5.46. The third-order valence-corrected chi connectivity index (χ3v) is 2.41. The van der Waals surface area contributed by atoms with E-state index in [2.05, 4.69) is 10.3 Å². The number of nitrogens with zero attached hydrogens (tertiary/aromatic N) is 1. The van der Waals surface area contributed by atoms with Gasteiger partial charge in [-0.3, -0.25) is 4.98 Å². The fourth-order valence-corrected chi connectivity index (χ4v) is 1.54. The number of rotatable bonds is 5. The second-order valence-electron chi connectivity index (χ2n) is 3.67. The van der Waals surface area contributed by atoms with Crippen LogP contribution in [0.1, 0.15) is 12.5 Å². The smallest absolute Gasteiger partial charge is 0.119 e. The van der Waals surface area contributed by atoms with Gasteiger partial charge in [0, 0.05) is 24.6 Å². The highest BCUT2D eigenvalue weighted by Crippen LogP contribution is 2.16. The SMILES string of the molecule is CCOc1ccc(NCc2ccncc2)cc1. The van der Waals surface area contributed by atoms with E-state index < -0.39 is 0 Å². The lowest BCUT2D eigenvalue weighted by atomic mass is 10.2. The second kappa shape index (κ2) is 5.89. The van der Waals surface area contributed by atoms with Gasteiger partial charge in [-0.1, -0.05) is 0 Å². The highest BCUT2D eigenvalue weighted by atomic mass is 16.5. The molecule has 0 spiro atoms. The van der Waals surface area contributed by atoms with Crippen LogP contribution in [-0.2, 0) is 6.54 Å². The van der Waals surface area contributed by atoms with Gasteiger partial charge in [-0.15, -0.1) is 0 Å². The molecule has 0 bridgehead atoms. The van der Waals surface area contributed by atoms with E-state index in [1.54, 1.807) is 12.4 Å². The van der Waals surface area contributed by atoms with E-state index in [1.165, 1.54) is 5.56 Å². The molecule has 2 rings (SSSR count). The molecule has 0 aliphatic carbocycles. The van der Waals surface area contributed by atoms with Crippen LogP contribution in [0, 0.1) is 0 Å². The van der Waals surface area contributed by atoms with Crippen LogP contribution in [0.25, 0.3) is 0 Å². The first-order chi connectivity index (χ1) is 8.38. The molecule has 0 amide bonds. The Kier molecular flexibility index (Phi) is 3.97. The first-order valence-electron chi connectivity index (χ1n) is 5.74. The molecule has 0 saturated heterocycles. The number of hydrogen-bond acceptors (Lipinski definition) is 3. The maximum atomic E-state index is 5.39. The van der Waals surface area contributed by atoms with Gasteiger partial charge >= 0.3 is 0 Å². The van der Waals surface area contributed by atoms with Gasteiger partial charge in [0.15, 0.2) is 0 Å². The van der Waals surface area contributed by atoms with Gasteiger partial charge in [0.1, 0.15) is 5.75 Å². The summed E-state index contributed by atoms with van der Waals surface area (Å²) in [4.78, 5) is 3.99. The first kappa shape index (κ1) is 11.5.